The number of rotatable bonds is 4. The SMILES string of the molecule is CCC(CO)OC12CCCC(C)(CCC3C1CC3(C)C)C2. The molecule has 3 saturated carbocycles. The van der Waals surface area contributed by atoms with Crippen molar-refractivity contribution in [3.63, 3.8) is 0 Å². The molecule has 0 heterocycles. The minimum Gasteiger partial charge on any atom is -0.394 e. The summed E-state index contributed by atoms with van der Waals surface area (Å²) < 4.78 is 6.67. The van der Waals surface area contributed by atoms with E-state index < -0.39 is 0 Å². The summed E-state index contributed by atoms with van der Waals surface area (Å²) in [4.78, 5) is 0. The molecule has 0 aromatic rings. The molecular formula is C19H34O2. The first-order chi connectivity index (χ1) is 9.84. The van der Waals surface area contributed by atoms with Crippen LogP contribution in [0.15, 0.2) is 0 Å². The molecule has 3 aliphatic rings. The van der Waals surface area contributed by atoms with Crippen LogP contribution in [-0.2, 0) is 4.74 Å². The summed E-state index contributed by atoms with van der Waals surface area (Å²) in [5, 5.41) is 9.63. The van der Waals surface area contributed by atoms with Gasteiger partial charge in [0.2, 0.25) is 0 Å². The van der Waals surface area contributed by atoms with Crippen molar-refractivity contribution in [3.8, 4) is 0 Å². The number of aliphatic hydroxyl groups excluding tert-OH is 1. The van der Waals surface area contributed by atoms with Crippen LogP contribution in [0.5, 0.6) is 0 Å². The smallest absolute Gasteiger partial charge is 0.0810 e. The summed E-state index contributed by atoms with van der Waals surface area (Å²) in [6, 6.07) is 0. The molecule has 3 aliphatic carbocycles. The van der Waals surface area contributed by atoms with Crippen molar-refractivity contribution in [1.82, 2.24) is 0 Å². The first-order valence-corrected chi connectivity index (χ1v) is 9.13. The monoisotopic (exact) mass is 294 g/mol. The lowest BCUT2D eigenvalue weighted by Gasteiger charge is -2.60. The highest BCUT2D eigenvalue weighted by molar-refractivity contribution is 5.11. The second-order valence-corrected chi connectivity index (χ2v) is 9.18. The van der Waals surface area contributed by atoms with Gasteiger partial charge in [0.25, 0.3) is 0 Å². The molecule has 2 heteroatoms. The summed E-state index contributed by atoms with van der Waals surface area (Å²) >= 11 is 0. The van der Waals surface area contributed by atoms with Crippen molar-refractivity contribution in [2.24, 2.45) is 22.7 Å². The molecule has 1 N–H and O–H groups in total. The topological polar surface area (TPSA) is 29.5 Å². The van der Waals surface area contributed by atoms with E-state index in [1.54, 1.807) is 0 Å². The molecule has 21 heavy (non-hydrogen) atoms. The molecule has 0 saturated heterocycles. The maximum Gasteiger partial charge on any atom is 0.0810 e. The van der Waals surface area contributed by atoms with Crippen LogP contribution < -0.4 is 0 Å². The van der Waals surface area contributed by atoms with E-state index >= 15 is 0 Å². The van der Waals surface area contributed by atoms with Gasteiger partial charge < -0.3 is 9.84 Å². The number of fused-ring (bicyclic) bond motifs is 4. The molecule has 5 atom stereocenters. The van der Waals surface area contributed by atoms with Crippen molar-refractivity contribution in [3.05, 3.63) is 0 Å². The van der Waals surface area contributed by atoms with Gasteiger partial charge in [0.1, 0.15) is 0 Å². The van der Waals surface area contributed by atoms with E-state index in [0.29, 0.717) is 10.8 Å². The van der Waals surface area contributed by atoms with Crippen LogP contribution in [0, 0.1) is 22.7 Å². The molecule has 0 spiro atoms. The largest absolute Gasteiger partial charge is 0.394 e. The Bertz CT molecular complexity index is 387. The second-order valence-electron chi connectivity index (χ2n) is 9.18. The molecule has 0 radical (unpaired) electrons. The maximum absolute atomic E-state index is 9.63. The van der Waals surface area contributed by atoms with Crippen molar-refractivity contribution in [1.29, 1.82) is 0 Å². The highest BCUT2D eigenvalue weighted by Crippen LogP contribution is 2.65. The first-order valence-electron chi connectivity index (χ1n) is 9.13. The third kappa shape index (κ3) is 2.57. The molecule has 0 amide bonds. The molecule has 2 bridgehead atoms. The molecule has 2 nitrogen and oxygen atoms in total. The quantitative estimate of drug-likeness (QED) is 0.824. The zero-order valence-electron chi connectivity index (χ0n) is 14.5. The molecule has 3 fully saturated rings. The Morgan fingerprint density at radius 2 is 1.90 bits per heavy atom. The van der Waals surface area contributed by atoms with Crippen LogP contribution in [0.4, 0.5) is 0 Å². The Morgan fingerprint density at radius 1 is 1.14 bits per heavy atom. The van der Waals surface area contributed by atoms with Crippen LogP contribution in [-0.4, -0.2) is 23.4 Å². The van der Waals surface area contributed by atoms with Gasteiger partial charge in [0, 0.05) is 0 Å². The number of hydrogen-bond acceptors (Lipinski definition) is 2. The molecule has 5 unspecified atom stereocenters. The fraction of sp³-hybridized carbons (Fsp3) is 1.00. The van der Waals surface area contributed by atoms with Gasteiger partial charge in [-0.3, -0.25) is 0 Å². The van der Waals surface area contributed by atoms with Crippen LogP contribution in [0.3, 0.4) is 0 Å². The van der Waals surface area contributed by atoms with Crippen LogP contribution in [0.25, 0.3) is 0 Å². The maximum atomic E-state index is 9.63. The number of hydrogen-bond donors (Lipinski definition) is 1. The molecule has 0 aromatic heterocycles. The normalized spacial score (nSPS) is 46.1. The van der Waals surface area contributed by atoms with E-state index in [0.717, 1.165) is 18.3 Å². The summed E-state index contributed by atoms with van der Waals surface area (Å²) in [5.74, 6) is 1.56. The number of ether oxygens (including phenoxy) is 1. The highest BCUT2D eigenvalue weighted by Gasteiger charge is 2.61. The predicted octanol–water partition coefficient (Wildman–Crippen LogP) is 4.55. The fourth-order valence-electron chi connectivity index (χ4n) is 5.91. The lowest BCUT2D eigenvalue weighted by atomic mass is 9.49. The third-order valence-corrected chi connectivity index (χ3v) is 7.14. The molecular weight excluding hydrogens is 260 g/mol. The van der Waals surface area contributed by atoms with Crippen LogP contribution in [0.2, 0.25) is 0 Å². The van der Waals surface area contributed by atoms with Gasteiger partial charge >= 0.3 is 0 Å². The van der Waals surface area contributed by atoms with E-state index in [1.165, 1.54) is 44.9 Å². The Hall–Kier alpha value is -0.0800. The van der Waals surface area contributed by atoms with Gasteiger partial charge in [0.05, 0.1) is 18.3 Å². The van der Waals surface area contributed by atoms with Gasteiger partial charge in [-0.15, -0.1) is 0 Å². The Labute approximate surface area is 130 Å². The van der Waals surface area contributed by atoms with Crippen LogP contribution in [0.1, 0.15) is 79.1 Å². The van der Waals surface area contributed by atoms with Crippen molar-refractivity contribution >= 4 is 0 Å². The molecule has 0 aliphatic heterocycles. The summed E-state index contributed by atoms with van der Waals surface area (Å²) in [6.07, 6.45) is 10.2. The average Bonchev–Trinajstić information content (AvgIpc) is 2.48. The van der Waals surface area contributed by atoms with Crippen molar-refractivity contribution in [2.75, 3.05) is 6.61 Å². The zero-order valence-corrected chi connectivity index (χ0v) is 14.5. The van der Waals surface area contributed by atoms with E-state index in [1.807, 2.05) is 0 Å². The van der Waals surface area contributed by atoms with E-state index in [9.17, 15) is 5.11 Å². The highest BCUT2D eigenvalue weighted by atomic mass is 16.5. The van der Waals surface area contributed by atoms with Gasteiger partial charge in [-0.2, -0.15) is 0 Å². The Morgan fingerprint density at radius 3 is 2.52 bits per heavy atom. The molecule has 0 aromatic carbocycles. The summed E-state index contributed by atoms with van der Waals surface area (Å²) in [7, 11) is 0. The Kier molecular flexibility index (Phi) is 3.94. The molecule has 3 rings (SSSR count). The lowest BCUT2D eigenvalue weighted by molar-refractivity contribution is -0.219. The van der Waals surface area contributed by atoms with Gasteiger partial charge in [-0.25, -0.2) is 0 Å². The summed E-state index contributed by atoms with van der Waals surface area (Å²) in [5.41, 5.74) is 1.03. The summed E-state index contributed by atoms with van der Waals surface area (Å²) in [6.45, 7) is 9.70. The van der Waals surface area contributed by atoms with E-state index in [2.05, 4.69) is 27.7 Å². The van der Waals surface area contributed by atoms with E-state index in [-0.39, 0.29) is 18.3 Å². The van der Waals surface area contributed by atoms with Gasteiger partial charge in [0.15, 0.2) is 0 Å². The lowest BCUT2D eigenvalue weighted by Crippen LogP contribution is -2.58. The second kappa shape index (κ2) is 5.23. The minimum atomic E-state index is 0.0369. The molecule has 122 valence electrons. The average molecular weight is 294 g/mol. The first kappa shape index (κ1) is 15.8. The predicted molar refractivity (Wildman–Crippen MR) is 86.2 cm³/mol. The number of aliphatic hydroxyl groups is 1. The zero-order chi connectivity index (χ0) is 15.3. The minimum absolute atomic E-state index is 0.0369. The van der Waals surface area contributed by atoms with Gasteiger partial charge in [-0.05, 0) is 67.6 Å². The van der Waals surface area contributed by atoms with Crippen molar-refractivity contribution < 1.29 is 9.84 Å². The fourth-order valence-corrected chi connectivity index (χ4v) is 5.91. The van der Waals surface area contributed by atoms with Crippen molar-refractivity contribution in [2.45, 2.75) is 90.8 Å². The van der Waals surface area contributed by atoms with E-state index in [4.69, 9.17) is 4.74 Å². The third-order valence-electron chi connectivity index (χ3n) is 7.14. The van der Waals surface area contributed by atoms with Crippen LogP contribution >= 0.6 is 0 Å². The van der Waals surface area contributed by atoms with Gasteiger partial charge in [-0.1, -0.05) is 34.1 Å². The standard InChI is InChI=1S/C19H34O2/c1-5-14(12-20)21-19-9-6-8-18(4,13-19)10-7-15-16(19)11-17(15,2)3/h14-16,20H,5-13H2,1-4H3. The Balaban J connectivity index is 1.90.